The molecule has 0 saturated carbocycles. The Kier molecular flexibility index (Phi) is 4.00. The summed E-state index contributed by atoms with van der Waals surface area (Å²) in [4.78, 5) is 2.26. The Hall–Kier alpha value is -1.09. The lowest BCUT2D eigenvalue weighted by molar-refractivity contribution is 0.324. The molecule has 1 aromatic rings. The van der Waals surface area contributed by atoms with Crippen molar-refractivity contribution in [3.8, 4) is 0 Å². The number of benzene rings is 1. The van der Waals surface area contributed by atoms with Gasteiger partial charge < -0.3 is 10.2 Å². The number of nitrogens with one attached hydrogen (secondary N) is 1. The third kappa shape index (κ3) is 2.97. The fourth-order valence-electron chi connectivity index (χ4n) is 2.55. The highest BCUT2D eigenvalue weighted by Gasteiger charge is 2.23. The molecular weight excluding hydrogens is 215 g/mol. The molecule has 1 fully saturated rings. The number of halogens is 1. The molecule has 0 radical (unpaired) electrons. The van der Waals surface area contributed by atoms with E-state index in [-0.39, 0.29) is 5.82 Å². The molecule has 0 spiro atoms. The first-order valence-electron chi connectivity index (χ1n) is 6.37. The summed E-state index contributed by atoms with van der Waals surface area (Å²) in [5.41, 5.74) is 1.09. The van der Waals surface area contributed by atoms with Crippen molar-refractivity contribution in [3.05, 3.63) is 30.1 Å². The van der Waals surface area contributed by atoms with E-state index in [0.717, 1.165) is 24.7 Å². The maximum Gasteiger partial charge on any atom is 0.123 e. The summed E-state index contributed by atoms with van der Waals surface area (Å²) < 4.78 is 12.9. The molecule has 2 nitrogen and oxygen atoms in total. The summed E-state index contributed by atoms with van der Waals surface area (Å²) in [5.74, 6) is 0.558. The molecule has 1 aliphatic heterocycles. The molecule has 1 unspecified atom stereocenters. The molecular formula is C14H21FN2. The zero-order valence-corrected chi connectivity index (χ0v) is 10.6. The minimum atomic E-state index is -0.170. The van der Waals surface area contributed by atoms with E-state index in [1.807, 2.05) is 12.1 Å². The lowest BCUT2D eigenvalue weighted by Gasteiger charge is -2.36. The van der Waals surface area contributed by atoms with Gasteiger partial charge in [-0.3, -0.25) is 0 Å². The van der Waals surface area contributed by atoms with Gasteiger partial charge in [0.2, 0.25) is 0 Å². The molecule has 0 aromatic heterocycles. The number of hydrogen-bond acceptors (Lipinski definition) is 2. The van der Waals surface area contributed by atoms with Crippen LogP contribution in [0.4, 0.5) is 10.1 Å². The molecule has 17 heavy (non-hydrogen) atoms. The van der Waals surface area contributed by atoms with E-state index >= 15 is 0 Å². The van der Waals surface area contributed by atoms with Gasteiger partial charge in [0.15, 0.2) is 0 Å². The van der Waals surface area contributed by atoms with Crippen LogP contribution in [0.25, 0.3) is 0 Å². The molecule has 1 aromatic carbocycles. The summed E-state index contributed by atoms with van der Waals surface area (Å²) in [6.45, 7) is 4.50. The Morgan fingerprint density at radius 3 is 2.41 bits per heavy atom. The van der Waals surface area contributed by atoms with Crippen LogP contribution in [0, 0.1) is 11.7 Å². The fraction of sp³-hybridized carbons (Fsp3) is 0.571. The minimum Gasteiger partial charge on any atom is -0.372 e. The molecule has 1 heterocycles. The van der Waals surface area contributed by atoms with Gasteiger partial charge in [-0.1, -0.05) is 0 Å². The van der Waals surface area contributed by atoms with E-state index in [4.69, 9.17) is 0 Å². The number of nitrogens with zero attached hydrogens (tertiary/aromatic N) is 1. The average Bonchev–Trinajstić information content (AvgIpc) is 2.39. The van der Waals surface area contributed by atoms with Crippen LogP contribution < -0.4 is 10.2 Å². The number of rotatable bonds is 3. The van der Waals surface area contributed by atoms with Gasteiger partial charge in [0, 0.05) is 18.8 Å². The van der Waals surface area contributed by atoms with Crippen LogP contribution in [0.5, 0.6) is 0 Å². The Labute approximate surface area is 103 Å². The molecule has 3 heteroatoms. The van der Waals surface area contributed by atoms with Crippen molar-refractivity contribution in [2.45, 2.75) is 25.8 Å². The predicted molar refractivity (Wildman–Crippen MR) is 69.9 cm³/mol. The van der Waals surface area contributed by atoms with E-state index in [1.54, 1.807) is 0 Å². The van der Waals surface area contributed by atoms with E-state index in [9.17, 15) is 4.39 Å². The van der Waals surface area contributed by atoms with Gasteiger partial charge in [-0.15, -0.1) is 0 Å². The summed E-state index contributed by atoms with van der Waals surface area (Å²) in [5, 5.41) is 3.39. The van der Waals surface area contributed by atoms with Crippen molar-refractivity contribution in [1.82, 2.24) is 5.32 Å². The largest absolute Gasteiger partial charge is 0.372 e. The second-order valence-corrected chi connectivity index (χ2v) is 4.92. The predicted octanol–water partition coefficient (Wildman–Crippen LogP) is 2.65. The Morgan fingerprint density at radius 2 is 1.82 bits per heavy atom. The number of hydrogen-bond donors (Lipinski definition) is 1. The summed E-state index contributed by atoms with van der Waals surface area (Å²) >= 11 is 0. The van der Waals surface area contributed by atoms with E-state index in [0.29, 0.717) is 6.04 Å². The van der Waals surface area contributed by atoms with Gasteiger partial charge in [0.25, 0.3) is 0 Å². The lowest BCUT2D eigenvalue weighted by atomic mass is 9.90. The molecule has 1 aliphatic rings. The van der Waals surface area contributed by atoms with E-state index in [2.05, 4.69) is 24.2 Å². The summed E-state index contributed by atoms with van der Waals surface area (Å²) in [6, 6.07) is 7.27. The van der Waals surface area contributed by atoms with Crippen LogP contribution in [-0.2, 0) is 0 Å². The molecule has 0 bridgehead atoms. The number of anilines is 1. The summed E-state index contributed by atoms with van der Waals surface area (Å²) in [6.07, 6.45) is 2.46. The average molecular weight is 236 g/mol. The lowest BCUT2D eigenvalue weighted by Crippen LogP contribution is -2.41. The van der Waals surface area contributed by atoms with Crippen molar-refractivity contribution in [1.29, 1.82) is 0 Å². The van der Waals surface area contributed by atoms with Gasteiger partial charge in [-0.05, 0) is 63.0 Å². The van der Waals surface area contributed by atoms with Crippen LogP contribution in [0.3, 0.4) is 0 Å². The quantitative estimate of drug-likeness (QED) is 0.868. The molecule has 94 valence electrons. The monoisotopic (exact) mass is 236 g/mol. The third-order valence-corrected chi connectivity index (χ3v) is 3.91. The number of piperidine rings is 1. The second kappa shape index (κ2) is 5.50. The van der Waals surface area contributed by atoms with Crippen molar-refractivity contribution in [2.24, 2.45) is 5.92 Å². The normalized spacial score (nSPS) is 19.0. The standard InChI is InChI=1S/C14H21FN2/c1-11(12-7-9-16-10-8-12)17(2)14-5-3-13(15)4-6-14/h3-6,11-12,16H,7-10H2,1-2H3. The minimum absolute atomic E-state index is 0.170. The fourth-order valence-corrected chi connectivity index (χ4v) is 2.55. The Morgan fingerprint density at radius 1 is 1.24 bits per heavy atom. The van der Waals surface area contributed by atoms with Crippen LogP contribution in [0.1, 0.15) is 19.8 Å². The zero-order chi connectivity index (χ0) is 12.3. The molecule has 0 aliphatic carbocycles. The van der Waals surface area contributed by atoms with Crippen LogP contribution in [-0.4, -0.2) is 26.2 Å². The van der Waals surface area contributed by atoms with Crippen LogP contribution in [0.15, 0.2) is 24.3 Å². The molecule has 1 N–H and O–H groups in total. The Balaban J connectivity index is 2.02. The van der Waals surface area contributed by atoms with Gasteiger partial charge >= 0.3 is 0 Å². The first kappa shape index (κ1) is 12.4. The van der Waals surface area contributed by atoms with Gasteiger partial charge in [-0.2, -0.15) is 0 Å². The highest BCUT2D eigenvalue weighted by atomic mass is 19.1. The highest BCUT2D eigenvalue weighted by Crippen LogP contribution is 2.24. The second-order valence-electron chi connectivity index (χ2n) is 4.92. The van der Waals surface area contributed by atoms with E-state index < -0.39 is 0 Å². The first-order valence-corrected chi connectivity index (χ1v) is 6.37. The van der Waals surface area contributed by atoms with Crippen molar-refractivity contribution in [2.75, 3.05) is 25.0 Å². The van der Waals surface area contributed by atoms with Gasteiger partial charge in [0.1, 0.15) is 5.82 Å². The third-order valence-electron chi connectivity index (χ3n) is 3.91. The Bertz CT molecular complexity index is 344. The van der Waals surface area contributed by atoms with Crippen molar-refractivity contribution in [3.63, 3.8) is 0 Å². The SMILES string of the molecule is CC(C1CCNCC1)N(C)c1ccc(F)cc1. The van der Waals surface area contributed by atoms with Gasteiger partial charge in [-0.25, -0.2) is 4.39 Å². The maximum absolute atomic E-state index is 12.9. The van der Waals surface area contributed by atoms with Crippen LogP contribution in [0.2, 0.25) is 0 Å². The maximum atomic E-state index is 12.9. The topological polar surface area (TPSA) is 15.3 Å². The first-order chi connectivity index (χ1) is 8.18. The molecule has 1 atom stereocenters. The summed E-state index contributed by atoms with van der Waals surface area (Å²) in [7, 11) is 2.10. The van der Waals surface area contributed by atoms with Gasteiger partial charge in [0.05, 0.1) is 0 Å². The zero-order valence-electron chi connectivity index (χ0n) is 10.6. The highest BCUT2D eigenvalue weighted by molar-refractivity contribution is 5.46. The van der Waals surface area contributed by atoms with E-state index in [1.165, 1.54) is 25.0 Å². The molecule has 0 amide bonds. The van der Waals surface area contributed by atoms with Crippen LogP contribution >= 0.6 is 0 Å². The van der Waals surface area contributed by atoms with Crippen molar-refractivity contribution >= 4 is 5.69 Å². The van der Waals surface area contributed by atoms with Crippen molar-refractivity contribution < 1.29 is 4.39 Å². The smallest absolute Gasteiger partial charge is 0.123 e. The molecule has 2 rings (SSSR count). The molecule has 1 saturated heterocycles.